The van der Waals surface area contributed by atoms with Crippen molar-refractivity contribution < 1.29 is 14.3 Å². The van der Waals surface area contributed by atoms with Gasteiger partial charge in [-0.15, -0.1) is 10.2 Å². The molecule has 1 atom stereocenters. The van der Waals surface area contributed by atoms with Crippen LogP contribution in [0.4, 0.5) is 0 Å². The van der Waals surface area contributed by atoms with Crippen LogP contribution in [-0.4, -0.2) is 59.0 Å². The highest BCUT2D eigenvalue weighted by molar-refractivity contribution is 5.84. The second kappa shape index (κ2) is 6.68. The molecule has 25 heavy (non-hydrogen) atoms. The van der Waals surface area contributed by atoms with Crippen molar-refractivity contribution in [2.24, 2.45) is 5.41 Å². The fourth-order valence-corrected chi connectivity index (χ4v) is 4.59. The Balaban J connectivity index is 1.54. The number of aromatic nitrogens is 3. The second-order valence-electron chi connectivity index (χ2n) is 7.83. The van der Waals surface area contributed by atoms with Crippen LogP contribution in [0, 0.1) is 5.41 Å². The van der Waals surface area contributed by atoms with Gasteiger partial charge in [-0.25, -0.2) is 0 Å². The molecule has 1 aliphatic carbocycles. The van der Waals surface area contributed by atoms with Crippen LogP contribution in [0.15, 0.2) is 0 Å². The van der Waals surface area contributed by atoms with Crippen molar-refractivity contribution in [1.82, 2.24) is 19.7 Å². The number of fused-ring (bicyclic) bond motifs is 1. The normalized spacial score (nSPS) is 26.2. The van der Waals surface area contributed by atoms with Crippen molar-refractivity contribution in [3.63, 3.8) is 0 Å². The third-order valence-electron chi connectivity index (χ3n) is 6.11. The van der Waals surface area contributed by atoms with Crippen LogP contribution in [0.2, 0.25) is 0 Å². The Bertz CT molecular complexity index is 634. The zero-order valence-electron chi connectivity index (χ0n) is 15.2. The van der Waals surface area contributed by atoms with Gasteiger partial charge in [-0.2, -0.15) is 0 Å². The van der Waals surface area contributed by atoms with Crippen molar-refractivity contribution in [3.8, 4) is 0 Å². The molecule has 2 fully saturated rings. The van der Waals surface area contributed by atoms with E-state index >= 15 is 0 Å². The first-order valence-electron chi connectivity index (χ1n) is 9.44. The Morgan fingerprint density at radius 1 is 1.32 bits per heavy atom. The average Bonchev–Trinajstić information content (AvgIpc) is 3.03. The minimum absolute atomic E-state index is 0.209. The smallest absolute Gasteiger partial charge is 0.231 e. The van der Waals surface area contributed by atoms with Gasteiger partial charge >= 0.3 is 0 Å². The maximum absolute atomic E-state index is 13.1. The van der Waals surface area contributed by atoms with E-state index in [-0.39, 0.29) is 17.4 Å². The Hall–Kier alpha value is -1.47. The van der Waals surface area contributed by atoms with Crippen LogP contribution in [0.3, 0.4) is 0 Å². The molecule has 138 valence electrons. The van der Waals surface area contributed by atoms with Crippen molar-refractivity contribution in [1.29, 1.82) is 0 Å². The lowest BCUT2D eigenvalue weighted by Crippen LogP contribution is -2.53. The van der Waals surface area contributed by atoms with E-state index in [1.54, 1.807) is 7.11 Å². The molecular formula is C18H28N4O3. The van der Waals surface area contributed by atoms with E-state index in [0.29, 0.717) is 19.1 Å². The highest BCUT2D eigenvalue weighted by Crippen LogP contribution is 2.44. The number of hydrogen-bond acceptors (Lipinski definition) is 5. The molecule has 0 aromatic carbocycles. The van der Waals surface area contributed by atoms with Crippen molar-refractivity contribution in [2.45, 2.75) is 57.5 Å². The second-order valence-corrected chi connectivity index (χ2v) is 7.83. The molecule has 1 saturated carbocycles. The van der Waals surface area contributed by atoms with Crippen molar-refractivity contribution in [3.05, 3.63) is 11.6 Å². The summed E-state index contributed by atoms with van der Waals surface area (Å²) in [5.41, 5.74) is -0.305. The van der Waals surface area contributed by atoms with Crippen LogP contribution >= 0.6 is 0 Å². The lowest BCUT2D eigenvalue weighted by Gasteiger charge is -2.45. The van der Waals surface area contributed by atoms with Crippen LogP contribution in [0.5, 0.6) is 0 Å². The van der Waals surface area contributed by atoms with E-state index in [9.17, 15) is 4.79 Å². The molecule has 3 heterocycles. The molecule has 4 rings (SSSR count). The van der Waals surface area contributed by atoms with E-state index in [0.717, 1.165) is 63.5 Å². The fourth-order valence-electron chi connectivity index (χ4n) is 4.59. The zero-order chi connectivity index (χ0) is 17.4. The van der Waals surface area contributed by atoms with Crippen molar-refractivity contribution >= 4 is 5.91 Å². The summed E-state index contributed by atoms with van der Waals surface area (Å²) in [5.74, 6) is 2.65. The summed E-state index contributed by atoms with van der Waals surface area (Å²) in [4.78, 5) is 15.1. The number of hydrogen-bond donors (Lipinski definition) is 0. The van der Waals surface area contributed by atoms with Gasteiger partial charge in [0.05, 0.1) is 24.6 Å². The van der Waals surface area contributed by atoms with Crippen molar-refractivity contribution in [2.75, 3.05) is 33.5 Å². The topological polar surface area (TPSA) is 69.5 Å². The molecule has 0 unspecified atom stereocenters. The number of ether oxygens (including phenoxy) is 2. The van der Waals surface area contributed by atoms with Gasteiger partial charge in [0.1, 0.15) is 5.82 Å². The molecule has 0 radical (unpaired) electrons. The molecule has 7 nitrogen and oxygen atoms in total. The number of carbonyl (C=O) groups is 1. The summed E-state index contributed by atoms with van der Waals surface area (Å²) in [6, 6.07) is 0.209. The third-order valence-corrected chi connectivity index (χ3v) is 6.11. The zero-order valence-corrected chi connectivity index (χ0v) is 15.2. The minimum Gasteiger partial charge on any atom is -0.384 e. The summed E-state index contributed by atoms with van der Waals surface area (Å²) in [7, 11) is 1.68. The Morgan fingerprint density at radius 3 is 2.72 bits per heavy atom. The first-order chi connectivity index (χ1) is 12.1. The Labute approximate surface area is 148 Å². The molecule has 0 bridgehead atoms. The van der Waals surface area contributed by atoms with E-state index < -0.39 is 0 Å². The number of rotatable bonds is 4. The largest absolute Gasteiger partial charge is 0.384 e. The third kappa shape index (κ3) is 2.87. The van der Waals surface area contributed by atoms with E-state index in [4.69, 9.17) is 9.47 Å². The van der Waals surface area contributed by atoms with Crippen LogP contribution < -0.4 is 0 Å². The summed E-state index contributed by atoms with van der Waals surface area (Å²) < 4.78 is 13.1. The number of nitrogens with zero attached hydrogens (tertiary/aromatic N) is 4. The molecular weight excluding hydrogens is 320 g/mol. The lowest BCUT2D eigenvalue weighted by atomic mass is 9.68. The number of amides is 1. The minimum atomic E-state index is -0.305. The van der Waals surface area contributed by atoms with Gasteiger partial charge in [0, 0.05) is 32.8 Å². The molecule has 1 amide bonds. The Morgan fingerprint density at radius 2 is 2.08 bits per heavy atom. The molecule has 1 aromatic heterocycles. The summed E-state index contributed by atoms with van der Waals surface area (Å²) in [6.45, 7) is 5.57. The maximum atomic E-state index is 13.1. The molecule has 1 saturated heterocycles. The van der Waals surface area contributed by atoms with Gasteiger partial charge in [0.25, 0.3) is 0 Å². The van der Waals surface area contributed by atoms with Crippen LogP contribution in [-0.2, 0) is 20.8 Å². The highest BCUT2D eigenvalue weighted by atomic mass is 16.5. The number of carbonyl (C=O) groups excluding carboxylic acids is 1. The average molecular weight is 348 g/mol. The molecule has 7 heteroatoms. The highest BCUT2D eigenvalue weighted by Gasteiger charge is 2.47. The first-order valence-corrected chi connectivity index (χ1v) is 9.44. The van der Waals surface area contributed by atoms with Gasteiger partial charge in [0.15, 0.2) is 5.82 Å². The molecule has 1 aromatic rings. The first kappa shape index (κ1) is 17.0. The van der Waals surface area contributed by atoms with E-state index in [1.165, 1.54) is 0 Å². The van der Waals surface area contributed by atoms with Crippen LogP contribution in [0.25, 0.3) is 0 Å². The standard InChI is InChI=1S/C18H28N4O3/c1-13-10-21(17(23)18(12-24-2)6-3-7-18)11-15-19-20-16(22(13)15)14-4-8-25-9-5-14/h13-14H,3-12H2,1-2H3/t13-/m0/s1. The van der Waals surface area contributed by atoms with Gasteiger partial charge in [-0.05, 0) is 32.6 Å². The SMILES string of the molecule is COCC1(C(=O)N2Cc3nnc(C4CCOCC4)n3[C@@H](C)C2)CCC1. The molecule has 3 aliphatic rings. The van der Waals surface area contributed by atoms with Gasteiger partial charge in [0.2, 0.25) is 5.91 Å². The Kier molecular flexibility index (Phi) is 4.54. The fraction of sp³-hybridized carbons (Fsp3) is 0.833. The maximum Gasteiger partial charge on any atom is 0.231 e. The van der Waals surface area contributed by atoms with Gasteiger partial charge < -0.3 is 18.9 Å². The molecule has 0 N–H and O–H groups in total. The van der Waals surface area contributed by atoms with Crippen LogP contribution in [0.1, 0.15) is 62.6 Å². The predicted octanol–water partition coefficient (Wildman–Crippen LogP) is 1.89. The molecule has 2 aliphatic heterocycles. The van der Waals surface area contributed by atoms with E-state index in [2.05, 4.69) is 21.7 Å². The monoisotopic (exact) mass is 348 g/mol. The predicted molar refractivity (Wildman–Crippen MR) is 91.1 cm³/mol. The number of methoxy groups -OCH3 is 1. The quantitative estimate of drug-likeness (QED) is 0.831. The van der Waals surface area contributed by atoms with E-state index in [1.807, 2.05) is 4.90 Å². The summed E-state index contributed by atoms with van der Waals surface area (Å²) in [5, 5.41) is 8.93. The lowest BCUT2D eigenvalue weighted by molar-refractivity contribution is -0.154. The summed E-state index contributed by atoms with van der Waals surface area (Å²) in [6.07, 6.45) is 4.99. The molecule has 0 spiro atoms. The van der Waals surface area contributed by atoms with Gasteiger partial charge in [-0.1, -0.05) is 6.42 Å². The van der Waals surface area contributed by atoms with Gasteiger partial charge in [-0.3, -0.25) is 4.79 Å². The summed E-state index contributed by atoms with van der Waals surface area (Å²) >= 11 is 0.